The van der Waals surface area contributed by atoms with E-state index < -0.39 is 0 Å². The minimum atomic E-state index is 0.222. The molecule has 0 aromatic heterocycles. The van der Waals surface area contributed by atoms with Crippen molar-refractivity contribution in [2.24, 2.45) is 23.0 Å². The van der Waals surface area contributed by atoms with Gasteiger partial charge in [0, 0.05) is 25.0 Å². The highest BCUT2D eigenvalue weighted by molar-refractivity contribution is 4.81. The lowest BCUT2D eigenvalue weighted by Crippen LogP contribution is -2.40. The molecule has 0 saturated carbocycles. The summed E-state index contributed by atoms with van der Waals surface area (Å²) < 4.78 is 5.33. The number of hydrogen-bond donors (Lipinski definition) is 2. The fourth-order valence-electron chi connectivity index (χ4n) is 1.61. The van der Waals surface area contributed by atoms with Crippen molar-refractivity contribution in [1.82, 2.24) is 5.32 Å². The van der Waals surface area contributed by atoms with Gasteiger partial charge in [0.1, 0.15) is 0 Å². The Morgan fingerprint density at radius 2 is 2.07 bits per heavy atom. The van der Waals surface area contributed by atoms with Crippen LogP contribution in [0.1, 0.15) is 27.7 Å². The van der Waals surface area contributed by atoms with Gasteiger partial charge in [0.25, 0.3) is 0 Å². The standard InChI is InChI=1S/C12H26N2O/c1-9(2)12(3,4)8-14-5-10-6-15-7-11(10)13/h9-11,14H,5-8,13H2,1-4H3. The molecule has 0 aliphatic carbocycles. The molecule has 0 aromatic carbocycles. The van der Waals surface area contributed by atoms with Crippen LogP contribution < -0.4 is 11.1 Å². The molecule has 3 nitrogen and oxygen atoms in total. The summed E-state index contributed by atoms with van der Waals surface area (Å²) >= 11 is 0. The third-order valence-electron chi connectivity index (χ3n) is 3.80. The first-order chi connectivity index (χ1) is 6.93. The van der Waals surface area contributed by atoms with Crippen LogP contribution >= 0.6 is 0 Å². The zero-order valence-electron chi connectivity index (χ0n) is 10.5. The first-order valence-corrected chi connectivity index (χ1v) is 5.97. The van der Waals surface area contributed by atoms with Crippen LogP contribution in [-0.2, 0) is 4.74 Å². The molecule has 90 valence electrons. The second-order valence-electron chi connectivity index (χ2n) is 5.74. The average molecular weight is 214 g/mol. The Morgan fingerprint density at radius 1 is 1.40 bits per heavy atom. The van der Waals surface area contributed by atoms with E-state index in [1.54, 1.807) is 0 Å². The Kier molecular flexibility index (Phi) is 4.56. The van der Waals surface area contributed by atoms with Crippen LogP contribution in [0, 0.1) is 17.3 Å². The lowest BCUT2D eigenvalue weighted by molar-refractivity contribution is 0.181. The van der Waals surface area contributed by atoms with Gasteiger partial charge in [-0.05, 0) is 11.3 Å². The largest absolute Gasteiger partial charge is 0.379 e. The van der Waals surface area contributed by atoms with Gasteiger partial charge in [0.2, 0.25) is 0 Å². The molecular formula is C12H26N2O. The summed E-state index contributed by atoms with van der Waals surface area (Å²) in [5.41, 5.74) is 6.27. The minimum Gasteiger partial charge on any atom is -0.379 e. The van der Waals surface area contributed by atoms with E-state index in [1.165, 1.54) is 0 Å². The molecule has 0 amide bonds. The van der Waals surface area contributed by atoms with Crippen LogP contribution in [0.3, 0.4) is 0 Å². The highest BCUT2D eigenvalue weighted by Gasteiger charge is 2.26. The van der Waals surface area contributed by atoms with Crippen molar-refractivity contribution >= 4 is 0 Å². The van der Waals surface area contributed by atoms with Crippen LogP contribution in [0.2, 0.25) is 0 Å². The molecule has 1 aliphatic rings. The Bertz CT molecular complexity index is 192. The van der Waals surface area contributed by atoms with Gasteiger partial charge in [-0.2, -0.15) is 0 Å². The monoisotopic (exact) mass is 214 g/mol. The van der Waals surface area contributed by atoms with E-state index in [4.69, 9.17) is 10.5 Å². The van der Waals surface area contributed by atoms with Crippen LogP contribution in [0.15, 0.2) is 0 Å². The molecule has 1 heterocycles. The van der Waals surface area contributed by atoms with E-state index in [9.17, 15) is 0 Å². The molecule has 15 heavy (non-hydrogen) atoms. The Hall–Kier alpha value is -0.120. The van der Waals surface area contributed by atoms with Crippen molar-refractivity contribution < 1.29 is 4.74 Å². The van der Waals surface area contributed by atoms with E-state index in [-0.39, 0.29) is 6.04 Å². The number of nitrogens with one attached hydrogen (secondary N) is 1. The SMILES string of the molecule is CC(C)C(C)(C)CNCC1COCC1N. The highest BCUT2D eigenvalue weighted by atomic mass is 16.5. The number of rotatable bonds is 5. The van der Waals surface area contributed by atoms with Crippen molar-refractivity contribution in [3.8, 4) is 0 Å². The molecule has 0 radical (unpaired) electrons. The quantitative estimate of drug-likeness (QED) is 0.723. The van der Waals surface area contributed by atoms with Crippen LogP contribution in [-0.4, -0.2) is 32.3 Å². The maximum absolute atomic E-state index is 5.92. The summed E-state index contributed by atoms with van der Waals surface area (Å²) in [6, 6.07) is 0.222. The van der Waals surface area contributed by atoms with Crippen molar-refractivity contribution in [1.29, 1.82) is 0 Å². The molecule has 0 bridgehead atoms. The maximum Gasteiger partial charge on any atom is 0.0621 e. The van der Waals surface area contributed by atoms with Gasteiger partial charge in [0.05, 0.1) is 13.2 Å². The topological polar surface area (TPSA) is 47.3 Å². The molecule has 1 fully saturated rings. The lowest BCUT2D eigenvalue weighted by atomic mass is 9.81. The smallest absolute Gasteiger partial charge is 0.0621 e. The predicted octanol–water partition coefficient (Wildman–Crippen LogP) is 1.23. The summed E-state index contributed by atoms with van der Waals surface area (Å²) in [5.74, 6) is 1.19. The maximum atomic E-state index is 5.92. The Balaban J connectivity index is 2.21. The summed E-state index contributed by atoms with van der Waals surface area (Å²) in [5, 5.41) is 3.52. The average Bonchev–Trinajstić information content (AvgIpc) is 2.51. The highest BCUT2D eigenvalue weighted by Crippen LogP contribution is 2.24. The Morgan fingerprint density at radius 3 is 2.53 bits per heavy atom. The summed E-state index contributed by atoms with van der Waals surface area (Å²) in [6.07, 6.45) is 0. The van der Waals surface area contributed by atoms with Gasteiger partial charge in [-0.25, -0.2) is 0 Å². The zero-order chi connectivity index (χ0) is 11.5. The van der Waals surface area contributed by atoms with Crippen molar-refractivity contribution in [2.75, 3.05) is 26.3 Å². The molecule has 2 atom stereocenters. The third-order valence-corrected chi connectivity index (χ3v) is 3.80. The first kappa shape index (κ1) is 12.9. The molecule has 1 aliphatic heterocycles. The van der Waals surface area contributed by atoms with Crippen LogP contribution in [0.4, 0.5) is 0 Å². The second-order valence-corrected chi connectivity index (χ2v) is 5.74. The third kappa shape index (κ3) is 3.74. The normalized spacial score (nSPS) is 27.6. The van der Waals surface area contributed by atoms with Gasteiger partial charge >= 0.3 is 0 Å². The van der Waals surface area contributed by atoms with Crippen molar-refractivity contribution in [3.05, 3.63) is 0 Å². The van der Waals surface area contributed by atoms with Gasteiger partial charge in [0.15, 0.2) is 0 Å². The van der Waals surface area contributed by atoms with Gasteiger partial charge < -0.3 is 15.8 Å². The molecule has 0 aromatic rings. The molecule has 2 unspecified atom stereocenters. The molecular weight excluding hydrogens is 188 g/mol. The summed E-state index contributed by atoms with van der Waals surface area (Å²) in [4.78, 5) is 0. The van der Waals surface area contributed by atoms with E-state index in [0.717, 1.165) is 26.3 Å². The zero-order valence-corrected chi connectivity index (χ0v) is 10.5. The van der Waals surface area contributed by atoms with Gasteiger partial charge in [-0.1, -0.05) is 27.7 Å². The predicted molar refractivity (Wildman–Crippen MR) is 63.8 cm³/mol. The fraction of sp³-hybridized carbons (Fsp3) is 1.00. The van der Waals surface area contributed by atoms with Gasteiger partial charge in [-0.3, -0.25) is 0 Å². The van der Waals surface area contributed by atoms with E-state index >= 15 is 0 Å². The van der Waals surface area contributed by atoms with Crippen LogP contribution in [0.25, 0.3) is 0 Å². The van der Waals surface area contributed by atoms with Crippen molar-refractivity contribution in [3.63, 3.8) is 0 Å². The molecule has 3 heteroatoms. The number of hydrogen-bond acceptors (Lipinski definition) is 3. The van der Waals surface area contributed by atoms with E-state index in [0.29, 0.717) is 17.3 Å². The molecule has 0 spiro atoms. The summed E-state index contributed by atoms with van der Waals surface area (Å²) in [6.45, 7) is 12.7. The second kappa shape index (κ2) is 5.28. The molecule has 1 rings (SSSR count). The summed E-state index contributed by atoms with van der Waals surface area (Å²) in [7, 11) is 0. The van der Waals surface area contributed by atoms with Gasteiger partial charge in [-0.15, -0.1) is 0 Å². The molecule has 1 saturated heterocycles. The number of ether oxygens (including phenoxy) is 1. The first-order valence-electron chi connectivity index (χ1n) is 5.97. The lowest BCUT2D eigenvalue weighted by Gasteiger charge is -2.30. The number of nitrogens with two attached hydrogens (primary N) is 1. The molecule has 3 N–H and O–H groups in total. The van der Waals surface area contributed by atoms with Crippen LogP contribution in [0.5, 0.6) is 0 Å². The van der Waals surface area contributed by atoms with E-state index in [2.05, 4.69) is 33.0 Å². The van der Waals surface area contributed by atoms with E-state index in [1.807, 2.05) is 0 Å². The fourth-order valence-corrected chi connectivity index (χ4v) is 1.61. The van der Waals surface area contributed by atoms with Crippen molar-refractivity contribution in [2.45, 2.75) is 33.7 Å². The minimum absolute atomic E-state index is 0.222. The Labute approximate surface area is 93.8 Å².